The third kappa shape index (κ3) is 5.59. The molecule has 4 aromatic rings. The molecule has 0 bridgehead atoms. The zero-order chi connectivity index (χ0) is 30.3. The highest BCUT2D eigenvalue weighted by Gasteiger charge is 2.37. The van der Waals surface area contributed by atoms with E-state index in [1.54, 1.807) is 19.1 Å². The second-order valence-corrected chi connectivity index (χ2v) is 10.8. The summed E-state index contributed by atoms with van der Waals surface area (Å²) in [6.07, 6.45) is -1.80. The molecule has 0 aromatic carbocycles. The van der Waals surface area contributed by atoms with E-state index in [0.717, 1.165) is 18.1 Å². The average Bonchev–Trinajstić information content (AvgIpc) is 3.50. The van der Waals surface area contributed by atoms with Crippen LogP contribution < -0.4 is 14.8 Å². The van der Waals surface area contributed by atoms with Gasteiger partial charge in [-0.3, -0.25) is 19.9 Å². The number of halogens is 4. The molecule has 2 amide bonds. The van der Waals surface area contributed by atoms with Gasteiger partial charge < -0.3 is 14.4 Å². The molecule has 5 rings (SSSR count). The number of fused-ring (bicyclic) bond motifs is 1. The van der Waals surface area contributed by atoms with Crippen LogP contribution in [0.2, 0.25) is 5.02 Å². The highest BCUT2D eigenvalue weighted by atomic mass is 35.5. The van der Waals surface area contributed by atoms with E-state index in [9.17, 15) is 22.8 Å². The summed E-state index contributed by atoms with van der Waals surface area (Å²) in [5.74, 6) is -1.43. The molecule has 1 aliphatic heterocycles. The van der Waals surface area contributed by atoms with Gasteiger partial charge in [0.1, 0.15) is 11.3 Å². The van der Waals surface area contributed by atoms with E-state index in [1.165, 1.54) is 42.7 Å². The van der Waals surface area contributed by atoms with Crippen LogP contribution in [0.1, 0.15) is 48.2 Å². The Kier molecular flexibility index (Phi) is 7.77. The van der Waals surface area contributed by atoms with E-state index in [0.29, 0.717) is 32.7 Å². The van der Waals surface area contributed by atoms with Gasteiger partial charge in [-0.1, -0.05) is 22.9 Å². The Morgan fingerprint density at radius 3 is 2.40 bits per heavy atom. The van der Waals surface area contributed by atoms with Gasteiger partial charge >= 0.3 is 6.18 Å². The molecule has 15 heteroatoms. The number of methoxy groups -OCH3 is 2. The van der Waals surface area contributed by atoms with Gasteiger partial charge in [0, 0.05) is 29.2 Å². The molecule has 0 unspecified atom stereocenters. The van der Waals surface area contributed by atoms with Crippen LogP contribution in [-0.2, 0) is 19.3 Å². The molecular formula is C27H22ClF3N6O4S. The molecule has 5 heterocycles. The molecule has 218 valence electrons. The summed E-state index contributed by atoms with van der Waals surface area (Å²) in [6.45, 7) is 3.41. The zero-order valence-corrected chi connectivity index (χ0v) is 24.2. The lowest BCUT2D eigenvalue weighted by molar-refractivity contribution is -0.139. The molecule has 0 aliphatic carbocycles. The van der Waals surface area contributed by atoms with E-state index in [4.69, 9.17) is 21.1 Å². The number of anilines is 1. The molecule has 0 atom stereocenters. The Labute approximate surface area is 246 Å². The number of carbonyl (C=O) groups is 2. The molecule has 0 fully saturated rings. The molecular weight excluding hydrogens is 597 g/mol. The Bertz CT molecular complexity index is 1710. The lowest BCUT2D eigenvalue weighted by Crippen LogP contribution is -2.28. The monoisotopic (exact) mass is 618 g/mol. The lowest BCUT2D eigenvalue weighted by Gasteiger charge is -2.18. The largest absolute Gasteiger partial charge is 0.481 e. The van der Waals surface area contributed by atoms with Crippen LogP contribution in [0.15, 0.2) is 30.6 Å². The summed E-state index contributed by atoms with van der Waals surface area (Å²) in [5, 5.41) is 3.46. The van der Waals surface area contributed by atoms with E-state index >= 15 is 0 Å². The number of aromatic nitrogens is 4. The zero-order valence-electron chi connectivity index (χ0n) is 22.6. The minimum atomic E-state index is -4.68. The molecule has 4 aromatic heterocycles. The highest BCUT2D eigenvalue weighted by Crippen LogP contribution is 2.38. The Morgan fingerprint density at radius 1 is 1.00 bits per heavy atom. The van der Waals surface area contributed by atoms with Crippen molar-refractivity contribution < 1.29 is 32.2 Å². The predicted molar refractivity (Wildman–Crippen MR) is 148 cm³/mol. The van der Waals surface area contributed by atoms with Crippen LogP contribution in [0, 0.1) is 13.8 Å². The first-order valence-corrected chi connectivity index (χ1v) is 13.5. The number of nitrogens with zero attached hydrogens (tertiary/aromatic N) is 5. The van der Waals surface area contributed by atoms with Gasteiger partial charge in [-0.2, -0.15) is 13.2 Å². The second-order valence-electron chi connectivity index (χ2n) is 9.29. The van der Waals surface area contributed by atoms with E-state index < -0.39 is 29.4 Å². The fourth-order valence-corrected chi connectivity index (χ4v) is 5.61. The van der Waals surface area contributed by atoms with E-state index in [-0.39, 0.29) is 35.8 Å². The summed E-state index contributed by atoms with van der Waals surface area (Å²) in [7, 11) is 2.52. The quantitative estimate of drug-likeness (QED) is 0.292. The van der Waals surface area contributed by atoms with Gasteiger partial charge in [-0.15, -0.1) is 0 Å². The number of rotatable bonds is 6. The standard InChI is InChI=1S/C27H22ClF3N6O4S/c1-12-5-18(27(29,30)31)24(41-4)35-21(12)25(39)37-10-19-20(11-37)42-26(34-19)36-22(38)17-9-32-13(2)6-15(17)16-7-14(28)8-33-23(16)40-3/h5-9H,10-11H2,1-4H3,(H,34,36,38). The summed E-state index contributed by atoms with van der Waals surface area (Å²) >= 11 is 7.35. The maximum atomic E-state index is 13.3. The molecule has 0 saturated heterocycles. The third-order valence-corrected chi connectivity index (χ3v) is 7.63. The molecule has 1 N–H and O–H groups in total. The second kappa shape index (κ2) is 11.2. The minimum Gasteiger partial charge on any atom is -0.481 e. The van der Waals surface area contributed by atoms with Crippen molar-refractivity contribution in [3.63, 3.8) is 0 Å². The van der Waals surface area contributed by atoms with Crippen molar-refractivity contribution in [2.75, 3.05) is 19.5 Å². The van der Waals surface area contributed by atoms with E-state index in [2.05, 4.69) is 25.3 Å². The number of ether oxygens (including phenoxy) is 2. The van der Waals surface area contributed by atoms with Gasteiger partial charge in [0.15, 0.2) is 5.13 Å². The lowest BCUT2D eigenvalue weighted by atomic mass is 10.0. The number of amides is 2. The molecule has 10 nitrogen and oxygen atoms in total. The summed E-state index contributed by atoms with van der Waals surface area (Å²) < 4.78 is 50.2. The highest BCUT2D eigenvalue weighted by molar-refractivity contribution is 7.16. The summed E-state index contributed by atoms with van der Waals surface area (Å²) in [4.78, 5) is 45.4. The van der Waals surface area contributed by atoms with Crippen LogP contribution in [-0.4, -0.2) is 50.9 Å². The summed E-state index contributed by atoms with van der Waals surface area (Å²) in [5.41, 5.74) is 1.36. The third-order valence-electron chi connectivity index (χ3n) is 6.43. The molecule has 0 spiro atoms. The number of aryl methyl sites for hydroxylation is 2. The first kappa shape index (κ1) is 29.2. The van der Waals surface area contributed by atoms with Crippen molar-refractivity contribution in [3.8, 4) is 22.9 Å². The van der Waals surface area contributed by atoms with Crippen LogP contribution in [0.5, 0.6) is 11.8 Å². The number of alkyl halides is 3. The first-order valence-electron chi connectivity index (χ1n) is 12.3. The van der Waals surface area contributed by atoms with Crippen LogP contribution in [0.25, 0.3) is 11.1 Å². The maximum absolute atomic E-state index is 13.3. The van der Waals surface area contributed by atoms with Gasteiger partial charge in [-0.25, -0.2) is 15.0 Å². The molecule has 42 heavy (non-hydrogen) atoms. The van der Waals surface area contributed by atoms with Gasteiger partial charge in [0.25, 0.3) is 11.8 Å². The SMILES string of the molecule is COc1ncc(Cl)cc1-c1cc(C)ncc1C(=O)Nc1nc2c(s1)CN(C(=O)c1nc(OC)c(C(F)(F)F)cc1C)C2. The average molecular weight is 619 g/mol. The predicted octanol–water partition coefficient (Wildman–Crippen LogP) is 5.71. The Balaban J connectivity index is 1.35. The van der Waals surface area contributed by atoms with Gasteiger partial charge in [-0.05, 0) is 37.6 Å². The van der Waals surface area contributed by atoms with Gasteiger partial charge in [0.2, 0.25) is 11.8 Å². The number of pyridine rings is 3. The van der Waals surface area contributed by atoms with Crippen molar-refractivity contribution in [2.45, 2.75) is 33.1 Å². The number of hydrogen-bond donors (Lipinski definition) is 1. The van der Waals surface area contributed by atoms with Crippen LogP contribution in [0.4, 0.5) is 18.3 Å². The fraction of sp³-hybridized carbons (Fsp3) is 0.259. The molecule has 0 saturated carbocycles. The maximum Gasteiger partial charge on any atom is 0.421 e. The first-order chi connectivity index (χ1) is 19.9. The number of hydrogen-bond acceptors (Lipinski definition) is 9. The Morgan fingerprint density at radius 2 is 1.74 bits per heavy atom. The molecule has 1 aliphatic rings. The Hall–Kier alpha value is -4.30. The van der Waals surface area contributed by atoms with Gasteiger partial charge in [0.05, 0.1) is 48.5 Å². The number of thiazole rings is 1. The van der Waals surface area contributed by atoms with Crippen molar-refractivity contribution >= 4 is 39.9 Å². The summed E-state index contributed by atoms with van der Waals surface area (Å²) in [6, 6.07) is 4.22. The van der Waals surface area contributed by atoms with Crippen LogP contribution in [0.3, 0.4) is 0 Å². The van der Waals surface area contributed by atoms with E-state index in [1.807, 2.05) is 0 Å². The molecule has 0 radical (unpaired) electrons. The van der Waals surface area contributed by atoms with Crippen molar-refractivity contribution in [1.82, 2.24) is 24.8 Å². The van der Waals surface area contributed by atoms with Crippen LogP contribution >= 0.6 is 22.9 Å². The topological polar surface area (TPSA) is 119 Å². The van der Waals surface area contributed by atoms with Crippen molar-refractivity contribution in [2.24, 2.45) is 0 Å². The smallest absolute Gasteiger partial charge is 0.421 e. The minimum absolute atomic E-state index is 0.0679. The normalized spacial score (nSPS) is 12.7. The number of carbonyl (C=O) groups excluding carboxylic acids is 2. The van der Waals surface area contributed by atoms with Crippen molar-refractivity contribution in [1.29, 1.82) is 0 Å². The number of nitrogens with one attached hydrogen (secondary N) is 1. The fourth-order valence-electron chi connectivity index (χ4n) is 4.47. The van der Waals surface area contributed by atoms with Crippen molar-refractivity contribution in [3.05, 3.63) is 74.3 Å².